The summed E-state index contributed by atoms with van der Waals surface area (Å²) in [6.45, 7) is 12.1. The summed E-state index contributed by atoms with van der Waals surface area (Å²) < 4.78 is 0. The van der Waals surface area contributed by atoms with E-state index in [4.69, 9.17) is 0 Å². The molecule has 1 aliphatic rings. The number of hydrogen-bond donors (Lipinski definition) is 1. The smallest absolute Gasteiger partial charge is 0.188 e. The molecule has 1 N–H and O–H groups in total. The fourth-order valence-corrected chi connectivity index (χ4v) is 2.88. The van der Waals surface area contributed by atoms with E-state index in [0.717, 1.165) is 25.5 Å². The topological polar surface area (TPSA) is 58.9 Å². The summed E-state index contributed by atoms with van der Waals surface area (Å²) in [4.78, 5) is 4.07. The maximum absolute atomic E-state index is 4.33. The number of nitrogens with zero attached hydrogens (tertiary/aromatic N) is 5. The Morgan fingerprint density at radius 1 is 1.35 bits per heavy atom. The summed E-state index contributed by atoms with van der Waals surface area (Å²) in [5.74, 6) is 2.14. The van der Waals surface area contributed by atoms with Crippen LogP contribution in [-0.4, -0.2) is 50.3 Å². The van der Waals surface area contributed by atoms with Crippen LogP contribution in [0.3, 0.4) is 0 Å². The fraction of sp³-hybridized carbons (Fsp3) is 0.929. The first-order valence-corrected chi connectivity index (χ1v) is 7.71. The lowest BCUT2D eigenvalue weighted by atomic mass is 9.92. The van der Waals surface area contributed by atoms with Crippen LogP contribution in [0.25, 0.3) is 0 Å². The SMILES string of the molecule is CCC(C)C1CNC(C(C)C)CN1Cc1nnn(C)n1. The van der Waals surface area contributed by atoms with E-state index >= 15 is 0 Å². The Morgan fingerprint density at radius 3 is 2.65 bits per heavy atom. The molecule has 1 aromatic heterocycles. The first kappa shape index (κ1) is 15.4. The van der Waals surface area contributed by atoms with E-state index in [1.165, 1.54) is 11.2 Å². The van der Waals surface area contributed by atoms with Gasteiger partial charge in [0, 0.05) is 25.2 Å². The summed E-state index contributed by atoms with van der Waals surface area (Å²) in [6.07, 6.45) is 1.20. The minimum Gasteiger partial charge on any atom is -0.311 e. The second-order valence-electron chi connectivity index (χ2n) is 6.34. The van der Waals surface area contributed by atoms with E-state index in [9.17, 15) is 0 Å². The van der Waals surface area contributed by atoms with Crippen LogP contribution < -0.4 is 5.32 Å². The van der Waals surface area contributed by atoms with E-state index in [0.29, 0.717) is 23.9 Å². The van der Waals surface area contributed by atoms with Gasteiger partial charge >= 0.3 is 0 Å². The molecule has 0 spiro atoms. The normalized spacial score (nSPS) is 26.1. The molecule has 2 heterocycles. The van der Waals surface area contributed by atoms with Gasteiger partial charge in [-0.1, -0.05) is 34.1 Å². The van der Waals surface area contributed by atoms with Crippen LogP contribution >= 0.6 is 0 Å². The fourth-order valence-electron chi connectivity index (χ4n) is 2.88. The van der Waals surface area contributed by atoms with Gasteiger partial charge in [-0.25, -0.2) is 0 Å². The standard InChI is InChI=1S/C14H28N6/c1-6-11(4)13-7-15-12(10(2)3)8-20(13)9-14-16-18-19(5)17-14/h10-13,15H,6-9H2,1-5H3. The Hall–Kier alpha value is -1.01. The molecule has 0 saturated carbocycles. The van der Waals surface area contributed by atoms with Crippen molar-refractivity contribution in [3.05, 3.63) is 5.82 Å². The number of piperazine rings is 1. The molecule has 0 amide bonds. The van der Waals surface area contributed by atoms with Gasteiger partial charge in [0.25, 0.3) is 0 Å². The Labute approximate surface area is 121 Å². The van der Waals surface area contributed by atoms with E-state index in [2.05, 4.69) is 53.3 Å². The molecule has 1 fully saturated rings. The van der Waals surface area contributed by atoms with Crippen molar-refractivity contribution in [1.82, 2.24) is 30.4 Å². The van der Waals surface area contributed by atoms with Gasteiger partial charge < -0.3 is 5.32 Å². The van der Waals surface area contributed by atoms with E-state index in [1.807, 2.05) is 7.05 Å². The molecule has 1 aromatic rings. The first-order valence-electron chi connectivity index (χ1n) is 7.71. The molecule has 0 radical (unpaired) electrons. The Balaban J connectivity index is 2.08. The third-order valence-corrected chi connectivity index (χ3v) is 4.49. The number of aromatic nitrogens is 4. The van der Waals surface area contributed by atoms with Crippen LogP contribution in [0.4, 0.5) is 0 Å². The highest BCUT2D eigenvalue weighted by Gasteiger charge is 2.32. The van der Waals surface area contributed by atoms with Crippen molar-refractivity contribution >= 4 is 0 Å². The molecule has 0 aliphatic carbocycles. The molecular weight excluding hydrogens is 252 g/mol. The second kappa shape index (κ2) is 6.63. The maximum Gasteiger partial charge on any atom is 0.188 e. The number of hydrogen-bond acceptors (Lipinski definition) is 5. The molecule has 6 nitrogen and oxygen atoms in total. The minimum atomic E-state index is 0.548. The lowest BCUT2D eigenvalue weighted by Gasteiger charge is -2.43. The van der Waals surface area contributed by atoms with Gasteiger partial charge in [0.15, 0.2) is 5.82 Å². The van der Waals surface area contributed by atoms with Crippen LogP contribution in [0.15, 0.2) is 0 Å². The zero-order chi connectivity index (χ0) is 14.7. The molecule has 1 saturated heterocycles. The quantitative estimate of drug-likeness (QED) is 0.874. The van der Waals surface area contributed by atoms with Gasteiger partial charge in [0.05, 0.1) is 13.6 Å². The molecule has 0 bridgehead atoms. The van der Waals surface area contributed by atoms with Gasteiger partial charge in [0.1, 0.15) is 0 Å². The first-order chi connectivity index (χ1) is 9.51. The highest BCUT2D eigenvalue weighted by atomic mass is 15.6. The van der Waals surface area contributed by atoms with Crippen molar-refractivity contribution < 1.29 is 0 Å². The van der Waals surface area contributed by atoms with Gasteiger partial charge in [-0.2, -0.15) is 4.80 Å². The van der Waals surface area contributed by atoms with Crippen LogP contribution in [0, 0.1) is 11.8 Å². The van der Waals surface area contributed by atoms with Gasteiger partial charge in [-0.3, -0.25) is 4.90 Å². The van der Waals surface area contributed by atoms with Crippen molar-refractivity contribution in [2.75, 3.05) is 13.1 Å². The summed E-state index contributed by atoms with van der Waals surface area (Å²) in [5.41, 5.74) is 0. The third-order valence-electron chi connectivity index (χ3n) is 4.49. The van der Waals surface area contributed by atoms with Crippen LogP contribution in [-0.2, 0) is 13.6 Å². The second-order valence-corrected chi connectivity index (χ2v) is 6.34. The van der Waals surface area contributed by atoms with Crippen molar-refractivity contribution in [3.63, 3.8) is 0 Å². The third kappa shape index (κ3) is 3.55. The van der Waals surface area contributed by atoms with Crippen LogP contribution in [0.5, 0.6) is 0 Å². The van der Waals surface area contributed by atoms with E-state index < -0.39 is 0 Å². The minimum absolute atomic E-state index is 0.548. The van der Waals surface area contributed by atoms with E-state index in [1.54, 1.807) is 0 Å². The number of rotatable bonds is 5. The van der Waals surface area contributed by atoms with Gasteiger partial charge in [-0.15, -0.1) is 10.2 Å². The molecule has 3 atom stereocenters. The van der Waals surface area contributed by atoms with Gasteiger partial charge in [-0.05, 0) is 17.0 Å². The maximum atomic E-state index is 4.33. The number of aryl methyl sites for hydroxylation is 1. The van der Waals surface area contributed by atoms with Gasteiger partial charge in [0.2, 0.25) is 0 Å². The molecule has 0 aromatic carbocycles. The van der Waals surface area contributed by atoms with Crippen LogP contribution in [0.2, 0.25) is 0 Å². The predicted molar refractivity (Wildman–Crippen MR) is 79.1 cm³/mol. The highest BCUT2D eigenvalue weighted by Crippen LogP contribution is 2.21. The Bertz CT molecular complexity index is 416. The summed E-state index contributed by atoms with van der Waals surface area (Å²) in [7, 11) is 1.82. The van der Waals surface area contributed by atoms with E-state index in [-0.39, 0.29) is 0 Å². The van der Waals surface area contributed by atoms with Crippen molar-refractivity contribution in [3.8, 4) is 0 Å². The molecular formula is C14H28N6. The molecule has 114 valence electrons. The molecule has 2 rings (SSSR count). The molecule has 20 heavy (non-hydrogen) atoms. The lowest BCUT2D eigenvalue weighted by molar-refractivity contribution is 0.0699. The molecule has 3 unspecified atom stereocenters. The average molecular weight is 280 g/mol. The monoisotopic (exact) mass is 280 g/mol. The Kier molecular flexibility index (Phi) is 5.10. The number of tetrazole rings is 1. The van der Waals surface area contributed by atoms with Crippen molar-refractivity contribution in [2.45, 2.75) is 52.7 Å². The van der Waals surface area contributed by atoms with Crippen LogP contribution in [0.1, 0.15) is 39.9 Å². The summed E-state index contributed by atoms with van der Waals surface area (Å²) >= 11 is 0. The number of nitrogens with one attached hydrogen (secondary N) is 1. The van der Waals surface area contributed by atoms with Crippen molar-refractivity contribution in [2.24, 2.45) is 18.9 Å². The average Bonchev–Trinajstić information content (AvgIpc) is 2.83. The molecule has 1 aliphatic heterocycles. The summed E-state index contributed by atoms with van der Waals surface area (Å²) in [5, 5.41) is 16.1. The summed E-state index contributed by atoms with van der Waals surface area (Å²) in [6, 6.07) is 1.10. The highest BCUT2D eigenvalue weighted by molar-refractivity contribution is 4.92. The predicted octanol–water partition coefficient (Wildman–Crippen LogP) is 1.05. The molecule has 6 heteroatoms. The zero-order valence-corrected chi connectivity index (χ0v) is 13.4. The Morgan fingerprint density at radius 2 is 2.10 bits per heavy atom. The zero-order valence-electron chi connectivity index (χ0n) is 13.4. The van der Waals surface area contributed by atoms with Crippen molar-refractivity contribution in [1.29, 1.82) is 0 Å². The lowest BCUT2D eigenvalue weighted by Crippen LogP contribution is -2.59. The largest absolute Gasteiger partial charge is 0.311 e.